The topological polar surface area (TPSA) is 108 Å². The highest BCUT2D eigenvalue weighted by Crippen LogP contribution is 2.43. The minimum absolute atomic E-state index is 0.0199. The maximum atomic E-state index is 11.1. The second-order valence-electron chi connectivity index (χ2n) is 5.45. The summed E-state index contributed by atoms with van der Waals surface area (Å²) < 4.78 is 5.46. The van der Waals surface area contributed by atoms with Crippen LogP contribution in [0.25, 0.3) is 0 Å². The molecule has 0 saturated carbocycles. The molecule has 1 aliphatic heterocycles. The Hall–Kier alpha value is -3.46. The van der Waals surface area contributed by atoms with Gasteiger partial charge in [0.1, 0.15) is 23.1 Å². The number of carbonyl (C=O) groups excluding carboxylic acids is 1. The highest BCUT2D eigenvalue weighted by Gasteiger charge is 2.30. The van der Waals surface area contributed by atoms with Crippen molar-refractivity contribution in [3.05, 3.63) is 65.0 Å². The summed E-state index contributed by atoms with van der Waals surface area (Å²) in [6.07, 6.45) is 0. The average Bonchev–Trinajstić information content (AvgIpc) is 2.53. The third-order valence-corrected chi connectivity index (χ3v) is 3.77. The lowest BCUT2D eigenvalue weighted by Gasteiger charge is -2.26. The van der Waals surface area contributed by atoms with E-state index in [2.05, 4.69) is 11.4 Å². The Morgan fingerprint density at radius 2 is 2.00 bits per heavy atom. The molecule has 6 heteroatoms. The molecule has 1 heterocycles. The summed E-state index contributed by atoms with van der Waals surface area (Å²) in [6, 6.07) is 14.0. The Morgan fingerprint density at radius 3 is 2.62 bits per heavy atom. The average molecular weight is 321 g/mol. The highest BCUT2D eigenvalue weighted by atomic mass is 16.5. The Kier molecular flexibility index (Phi) is 3.84. The van der Waals surface area contributed by atoms with Crippen molar-refractivity contribution in [2.45, 2.75) is 12.8 Å². The van der Waals surface area contributed by atoms with E-state index in [9.17, 15) is 15.2 Å². The molecule has 1 amide bonds. The van der Waals surface area contributed by atoms with Gasteiger partial charge in [-0.05, 0) is 23.8 Å². The van der Waals surface area contributed by atoms with Crippen LogP contribution >= 0.6 is 0 Å². The molecule has 0 aromatic heterocycles. The summed E-state index contributed by atoms with van der Waals surface area (Å²) in [5, 5.41) is 21.8. The van der Waals surface area contributed by atoms with E-state index in [1.807, 2.05) is 12.1 Å². The van der Waals surface area contributed by atoms with Crippen LogP contribution in [0.1, 0.15) is 24.0 Å². The second-order valence-corrected chi connectivity index (χ2v) is 5.45. The molecule has 120 valence electrons. The fraction of sp³-hybridized carbons (Fsp3) is 0.111. The number of hydrogen-bond donors (Lipinski definition) is 3. The normalized spacial score (nSPS) is 15.9. The number of benzene rings is 2. The van der Waals surface area contributed by atoms with Crippen LogP contribution in [0.4, 0.5) is 5.69 Å². The second kappa shape index (κ2) is 5.97. The molecule has 0 aliphatic carbocycles. The largest absolute Gasteiger partial charge is 0.508 e. The summed E-state index contributed by atoms with van der Waals surface area (Å²) >= 11 is 0. The maximum absolute atomic E-state index is 11.1. The molecule has 4 N–H and O–H groups in total. The number of nitriles is 1. The number of amides is 1. The molecule has 2 aromatic carbocycles. The molecule has 3 rings (SSSR count). The Morgan fingerprint density at radius 1 is 1.29 bits per heavy atom. The Bertz CT molecular complexity index is 879. The predicted octanol–water partition coefficient (Wildman–Crippen LogP) is 2.57. The van der Waals surface area contributed by atoms with E-state index in [0.29, 0.717) is 17.0 Å². The number of ether oxygens (including phenoxy) is 1. The summed E-state index contributed by atoms with van der Waals surface area (Å²) in [4.78, 5) is 11.1. The molecule has 1 atom stereocenters. The van der Waals surface area contributed by atoms with Crippen molar-refractivity contribution in [2.75, 3.05) is 5.32 Å². The van der Waals surface area contributed by atoms with Gasteiger partial charge in [0.05, 0.1) is 5.92 Å². The predicted molar refractivity (Wildman–Crippen MR) is 88.1 cm³/mol. The molecule has 1 aliphatic rings. The summed E-state index contributed by atoms with van der Waals surface area (Å²) in [7, 11) is 0. The van der Waals surface area contributed by atoms with Gasteiger partial charge in [0.2, 0.25) is 11.8 Å². The van der Waals surface area contributed by atoms with Gasteiger partial charge in [-0.15, -0.1) is 0 Å². The van der Waals surface area contributed by atoms with Crippen LogP contribution in [0.3, 0.4) is 0 Å². The molecule has 24 heavy (non-hydrogen) atoms. The van der Waals surface area contributed by atoms with Gasteiger partial charge in [0.25, 0.3) is 0 Å². The van der Waals surface area contributed by atoms with E-state index >= 15 is 0 Å². The molecule has 0 saturated heterocycles. The molecule has 6 nitrogen and oxygen atoms in total. The van der Waals surface area contributed by atoms with Crippen molar-refractivity contribution in [3.8, 4) is 17.6 Å². The molecule has 0 radical (unpaired) electrons. The number of nitrogens with two attached hydrogens (primary N) is 1. The zero-order valence-corrected chi connectivity index (χ0v) is 12.9. The SMILES string of the molecule is CC(=O)Nc1ccc([C@@H]2C(C#N)=C(N)Oc3cc(O)ccc32)cc1. The Labute approximate surface area is 138 Å². The van der Waals surface area contributed by atoms with Crippen molar-refractivity contribution in [3.63, 3.8) is 0 Å². The minimum atomic E-state index is -0.397. The van der Waals surface area contributed by atoms with Gasteiger partial charge < -0.3 is 20.9 Å². The fourth-order valence-corrected chi connectivity index (χ4v) is 2.75. The van der Waals surface area contributed by atoms with E-state index in [1.165, 1.54) is 19.1 Å². The van der Waals surface area contributed by atoms with Crippen LogP contribution in [0.15, 0.2) is 53.9 Å². The van der Waals surface area contributed by atoms with Crippen LogP contribution in [-0.2, 0) is 4.79 Å². The molecular weight excluding hydrogens is 306 g/mol. The lowest BCUT2D eigenvalue weighted by Crippen LogP contribution is -2.21. The first-order valence-electron chi connectivity index (χ1n) is 7.27. The first-order valence-corrected chi connectivity index (χ1v) is 7.27. The molecular formula is C18H15N3O3. The van der Waals surface area contributed by atoms with Crippen LogP contribution in [0, 0.1) is 11.3 Å². The first kappa shape index (κ1) is 15.4. The number of allylic oxidation sites excluding steroid dienone is 1. The van der Waals surface area contributed by atoms with Crippen LogP contribution in [0.2, 0.25) is 0 Å². The smallest absolute Gasteiger partial charge is 0.221 e. The maximum Gasteiger partial charge on any atom is 0.221 e. The van der Waals surface area contributed by atoms with Gasteiger partial charge in [-0.3, -0.25) is 4.79 Å². The fourth-order valence-electron chi connectivity index (χ4n) is 2.75. The minimum Gasteiger partial charge on any atom is -0.508 e. The molecule has 2 aromatic rings. The quantitative estimate of drug-likeness (QED) is 0.787. The first-order chi connectivity index (χ1) is 11.5. The van der Waals surface area contributed by atoms with Crippen molar-refractivity contribution in [2.24, 2.45) is 5.73 Å². The van der Waals surface area contributed by atoms with Gasteiger partial charge in [-0.2, -0.15) is 5.26 Å². The van der Waals surface area contributed by atoms with Crippen LogP contribution < -0.4 is 15.8 Å². The summed E-state index contributed by atoms with van der Waals surface area (Å²) in [5.74, 6) is -0.0575. The zero-order chi connectivity index (χ0) is 17.3. The molecule has 0 unspecified atom stereocenters. The van der Waals surface area contributed by atoms with Crippen molar-refractivity contribution >= 4 is 11.6 Å². The molecule has 0 fully saturated rings. The summed E-state index contributed by atoms with van der Waals surface area (Å²) in [5.41, 5.74) is 8.42. The number of aromatic hydroxyl groups is 1. The lowest BCUT2D eigenvalue weighted by atomic mass is 9.83. The van der Waals surface area contributed by atoms with Gasteiger partial charge in [-0.1, -0.05) is 18.2 Å². The highest BCUT2D eigenvalue weighted by molar-refractivity contribution is 5.88. The van der Waals surface area contributed by atoms with Crippen molar-refractivity contribution < 1.29 is 14.6 Å². The summed E-state index contributed by atoms with van der Waals surface area (Å²) in [6.45, 7) is 1.44. The number of phenols is 1. The number of nitrogens with one attached hydrogen (secondary N) is 1. The number of nitrogens with zero attached hydrogens (tertiary/aromatic N) is 1. The van der Waals surface area contributed by atoms with Gasteiger partial charge in [-0.25, -0.2) is 0 Å². The van der Waals surface area contributed by atoms with E-state index in [0.717, 1.165) is 11.1 Å². The Balaban J connectivity index is 2.08. The monoisotopic (exact) mass is 321 g/mol. The van der Waals surface area contributed by atoms with Crippen molar-refractivity contribution in [1.29, 1.82) is 5.26 Å². The number of carbonyl (C=O) groups is 1. The van der Waals surface area contributed by atoms with Gasteiger partial charge >= 0.3 is 0 Å². The standard InChI is InChI=1S/C18H15N3O3/c1-10(22)21-12-4-2-11(3-5-12)17-14-7-6-13(23)8-16(14)24-18(20)15(17)9-19/h2-8,17,23H,20H2,1H3,(H,21,22)/t17-/m0/s1. The molecule has 0 bridgehead atoms. The third kappa shape index (κ3) is 2.75. The number of hydrogen-bond acceptors (Lipinski definition) is 5. The van der Waals surface area contributed by atoms with E-state index in [4.69, 9.17) is 10.5 Å². The number of phenolic OH excluding ortho intramolecular Hbond substituents is 1. The van der Waals surface area contributed by atoms with E-state index < -0.39 is 5.92 Å². The number of fused-ring (bicyclic) bond motifs is 1. The van der Waals surface area contributed by atoms with Crippen LogP contribution in [-0.4, -0.2) is 11.0 Å². The van der Waals surface area contributed by atoms with E-state index in [-0.39, 0.29) is 17.5 Å². The third-order valence-electron chi connectivity index (χ3n) is 3.77. The van der Waals surface area contributed by atoms with Crippen molar-refractivity contribution in [1.82, 2.24) is 0 Å². The van der Waals surface area contributed by atoms with Gasteiger partial charge in [0, 0.05) is 24.2 Å². The zero-order valence-electron chi connectivity index (χ0n) is 12.9. The van der Waals surface area contributed by atoms with Crippen LogP contribution in [0.5, 0.6) is 11.5 Å². The van der Waals surface area contributed by atoms with E-state index in [1.54, 1.807) is 18.2 Å². The molecule has 0 spiro atoms. The van der Waals surface area contributed by atoms with Gasteiger partial charge in [0.15, 0.2) is 0 Å². The lowest BCUT2D eigenvalue weighted by molar-refractivity contribution is -0.114. The number of anilines is 1. The number of rotatable bonds is 2.